The van der Waals surface area contributed by atoms with E-state index in [1.165, 1.54) is 10.9 Å². The smallest absolute Gasteiger partial charge is 0.0812 e. The molecule has 3 aromatic rings. The van der Waals surface area contributed by atoms with Gasteiger partial charge in [0.05, 0.1) is 17.1 Å². The number of aromatic nitrogens is 1. The molecule has 3 heteroatoms. The van der Waals surface area contributed by atoms with Gasteiger partial charge in [-0.3, -0.25) is 5.43 Å². The summed E-state index contributed by atoms with van der Waals surface area (Å²) >= 11 is 0. The summed E-state index contributed by atoms with van der Waals surface area (Å²) in [5.41, 5.74) is 7.38. The maximum Gasteiger partial charge on any atom is 0.0812 e. The molecule has 100 valence electrons. The van der Waals surface area contributed by atoms with Gasteiger partial charge in [-0.25, -0.2) is 0 Å². The molecule has 2 aromatic carbocycles. The summed E-state index contributed by atoms with van der Waals surface area (Å²) in [4.78, 5) is 0. The van der Waals surface area contributed by atoms with Crippen molar-refractivity contribution in [2.24, 2.45) is 12.1 Å². The van der Waals surface area contributed by atoms with Crippen LogP contribution >= 0.6 is 0 Å². The third-order valence-corrected chi connectivity index (χ3v) is 3.45. The molecule has 0 spiro atoms. The van der Waals surface area contributed by atoms with Crippen LogP contribution in [0.3, 0.4) is 0 Å². The fourth-order valence-corrected chi connectivity index (χ4v) is 2.35. The second-order valence-corrected chi connectivity index (χ2v) is 4.82. The van der Waals surface area contributed by atoms with E-state index in [-0.39, 0.29) is 0 Å². The van der Waals surface area contributed by atoms with Crippen molar-refractivity contribution in [1.82, 2.24) is 4.57 Å². The van der Waals surface area contributed by atoms with Crippen LogP contribution in [0.15, 0.2) is 65.8 Å². The molecule has 0 radical (unpaired) electrons. The van der Waals surface area contributed by atoms with Gasteiger partial charge >= 0.3 is 0 Å². The standard InChI is InChI=1S/C17H17N3/c1-13(18-19-15-9-4-3-5-10-15)17-12-14-8-6-7-11-16(14)20(17)2/h3-12,19H,1-2H3/b18-13+. The second-order valence-electron chi connectivity index (χ2n) is 4.82. The lowest BCUT2D eigenvalue weighted by Gasteiger charge is -2.05. The number of aryl methyl sites for hydroxylation is 1. The Morgan fingerprint density at radius 2 is 1.70 bits per heavy atom. The summed E-state index contributed by atoms with van der Waals surface area (Å²) in [6, 6.07) is 20.5. The lowest BCUT2D eigenvalue weighted by Crippen LogP contribution is -2.05. The highest BCUT2D eigenvalue weighted by Gasteiger charge is 2.07. The Morgan fingerprint density at radius 1 is 1.00 bits per heavy atom. The van der Waals surface area contributed by atoms with Gasteiger partial charge in [0, 0.05) is 18.0 Å². The van der Waals surface area contributed by atoms with Crippen molar-refractivity contribution in [3.05, 3.63) is 66.4 Å². The number of anilines is 1. The lowest BCUT2D eigenvalue weighted by molar-refractivity contribution is 0.952. The van der Waals surface area contributed by atoms with Crippen LogP contribution in [0.1, 0.15) is 12.6 Å². The first-order valence-corrected chi connectivity index (χ1v) is 6.66. The van der Waals surface area contributed by atoms with E-state index in [4.69, 9.17) is 0 Å². The van der Waals surface area contributed by atoms with Crippen LogP contribution in [0, 0.1) is 0 Å². The Hall–Kier alpha value is -2.55. The molecule has 0 saturated heterocycles. The number of benzene rings is 2. The van der Waals surface area contributed by atoms with Crippen LogP contribution < -0.4 is 5.43 Å². The van der Waals surface area contributed by atoms with Crippen molar-refractivity contribution in [3.8, 4) is 0 Å². The average Bonchev–Trinajstić information content (AvgIpc) is 2.84. The zero-order valence-corrected chi connectivity index (χ0v) is 11.7. The highest BCUT2D eigenvalue weighted by atomic mass is 15.3. The minimum Gasteiger partial charge on any atom is -0.343 e. The zero-order chi connectivity index (χ0) is 13.9. The minimum atomic E-state index is 0.965. The molecule has 1 heterocycles. The van der Waals surface area contributed by atoms with Gasteiger partial charge in [-0.1, -0.05) is 36.4 Å². The SMILES string of the molecule is C/C(=N\Nc1ccccc1)c1cc2ccccc2n1C. The minimum absolute atomic E-state index is 0.965. The van der Waals surface area contributed by atoms with Crippen LogP contribution in [0.2, 0.25) is 0 Å². The fourth-order valence-electron chi connectivity index (χ4n) is 2.35. The normalized spacial score (nSPS) is 11.8. The van der Waals surface area contributed by atoms with Gasteiger partial charge in [-0.15, -0.1) is 0 Å². The van der Waals surface area contributed by atoms with Crippen LogP contribution in [0.25, 0.3) is 10.9 Å². The number of fused-ring (bicyclic) bond motifs is 1. The van der Waals surface area contributed by atoms with E-state index in [0.29, 0.717) is 0 Å². The van der Waals surface area contributed by atoms with Crippen LogP contribution in [0.4, 0.5) is 5.69 Å². The summed E-state index contributed by atoms with van der Waals surface area (Å²) in [6.45, 7) is 2.02. The van der Waals surface area contributed by atoms with E-state index < -0.39 is 0 Å². The highest BCUT2D eigenvalue weighted by molar-refractivity contribution is 6.02. The van der Waals surface area contributed by atoms with E-state index in [2.05, 4.69) is 52.5 Å². The number of hydrazone groups is 1. The maximum absolute atomic E-state index is 4.47. The fraction of sp³-hybridized carbons (Fsp3) is 0.118. The molecule has 20 heavy (non-hydrogen) atoms. The molecule has 0 atom stereocenters. The summed E-state index contributed by atoms with van der Waals surface area (Å²) in [5, 5.41) is 5.70. The number of hydrogen-bond donors (Lipinski definition) is 1. The predicted octanol–water partition coefficient (Wildman–Crippen LogP) is 4.01. The third kappa shape index (κ3) is 2.30. The molecule has 0 fully saturated rings. The van der Waals surface area contributed by atoms with Crippen molar-refractivity contribution < 1.29 is 0 Å². The summed E-state index contributed by atoms with van der Waals surface area (Å²) in [5.74, 6) is 0. The molecule has 3 nitrogen and oxygen atoms in total. The molecule has 1 aromatic heterocycles. The number of para-hydroxylation sites is 2. The quantitative estimate of drug-likeness (QED) is 0.561. The molecule has 0 aliphatic rings. The largest absolute Gasteiger partial charge is 0.343 e. The maximum atomic E-state index is 4.47. The molecule has 0 aliphatic heterocycles. The third-order valence-electron chi connectivity index (χ3n) is 3.45. The van der Waals surface area contributed by atoms with Crippen molar-refractivity contribution in [3.63, 3.8) is 0 Å². The summed E-state index contributed by atoms with van der Waals surface area (Å²) < 4.78 is 2.17. The average molecular weight is 263 g/mol. The zero-order valence-electron chi connectivity index (χ0n) is 11.7. The molecule has 3 rings (SSSR count). The number of hydrogen-bond acceptors (Lipinski definition) is 2. The van der Waals surface area contributed by atoms with Crippen LogP contribution in [-0.4, -0.2) is 10.3 Å². The van der Waals surface area contributed by atoms with Crippen molar-refractivity contribution >= 4 is 22.3 Å². The number of nitrogens with one attached hydrogen (secondary N) is 1. The lowest BCUT2D eigenvalue weighted by atomic mass is 10.2. The van der Waals surface area contributed by atoms with Crippen molar-refractivity contribution in [1.29, 1.82) is 0 Å². The molecule has 0 unspecified atom stereocenters. The molecule has 0 bridgehead atoms. The molecular weight excluding hydrogens is 246 g/mol. The van der Waals surface area contributed by atoms with E-state index >= 15 is 0 Å². The van der Waals surface area contributed by atoms with Gasteiger partial charge in [-0.2, -0.15) is 5.10 Å². The van der Waals surface area contributed by atoms with E-state index in [0.717, 1.165) is 17.1 Å². The van der Waals surface area contributed by atoms with Gasteiger partial charge in [0.15, 0.2) is 0 Å². The van der Waals surface area contributed by atoms with Crippen molar-refractivity contribution in [2.75, 3.05) is 5.43 Å². The van der Waals surface area contributed by atoms with Gasteiger partial charge in [-0.05, 0) is 31.2 Å². The first-order chi connectivity index (χ1) is 9.75. The first kappa shape index (κ1) is 12.5. The Morgan fingerprint density at radius 3 is 2.45 bits per heavy atom. The van der Waals surface area contributed by atoms with E-state index in [9.17, 15) is 0 Å². The Labute approximate surface area is 118 Å². The molecular formula is C17H17N3. The Balaban J connectivity index is 1.92. The van der Waals surface area contributed by atoms with E-state index in [1.807, 2.05) is 37.3 Å². The Kier molecular flexibility index (Phi) is 3.25. The summed E-state index contributed by atoms with van der Waals surface area (Å²) in [6.07, 6.45) is 0. The van der Waals surface area contributed by atoms with Gasteiger partial charge in [0.1, 0.15) is 0 Å². The topological polar surface area (TPSA) is 29.3 Å². The monoisotopic (exact) mass is 263 g/mol. The number of nitrogens with zero attached hydrogens (tertiary/aromatic N) is 2. The Bertz CT molecular complexity index is 754. The van der Waals surface area contributed by atoms with E-state index in [1.54, 1.807) is 0 Å². The van der Waals surface area contributed by atoms with Gasteiger partial charge in [0.25, 0.3) is 0 Å². The highest BCUT2D eigenvalue weighted by Crippen LogP contribution is 2.19. The molecule has 0 amide bonds. The molecule has 0 saturated carbocycles. The summed E-state index contributed by atoms with van der Waals surface area (Å²) in [7, 11) is 2.07. The van der Waals surface area contributed by atoms with Gasteiger partial charge < -0.3 is 4.57 Å². The number of rotatable bonds is 3. The first-order valence-electron chi connectivity index (χ1n) is 6.66. The second kappa shape index (κ2) is 5.21. The van der Waals surface area contributed by atoms with Gasteiger partial charge in [0.2, 0.25) is 0 Å². The van der Waals surface area contributed by atoms with Crippen LogP contribution in [0.5, 0.6) is 0 Å². The molecule has 1 N–H and O–H groups in total. The van der Waals surface area contributed by atoms with Crippen LogP contribution in [-0.2, 0) is 7.05 Å². The molecule has 0 aliphatic carbocycles. The predicted molar refractivity (Wildman–Crippen MR) is 85.2 cm³/mol. The van der Waals surface area contributed by atoms with Crippen molar-refractivity contribution in [2.45, 2.75) is 6.92 Å².